The Morgan fingerprint density at radius 2 is 1.92 bits per heavy atom. The van der Waals surface area contributed by atoms with Gasteiger partial charge in [-0.05, 0) is 44.4 Å². The third-order valence-electron chi connectivity index (χ3n) is 5.47. The Bertz CT molecular complexity index is 1280. The average Bonchev–Trinajstić information content (AvgIpc) is 3.16. The predicted octanol–water partition coefficient (Wildman–Crippen LogP) is 3.61. The van der Waals surface area contributed by atoms with Crippen LogP contribution >= 0.6 is 11.6 Å². The van der Waals surface area contributed by atoms with Crippen LogP contribution in [0.2, 0.25) is 5.02 Å². The van der Waals surface area contributed by atoms with Gasteiger partial charge in [0.2, 0.25) is 5.91 Å². The van der Waals surface area contributed by atoms with Gasteiger partial charge < -0.3 is 20.9 Å². The lowest BCUT2D eigenvalue weighted by atomic mass is 9.95. The van der Waals surface area contributed by atoms with E-state index in [1.807, 2.05) is 26.8 Å². The fourth-order valence-electron chi connectivity index (χ4n) is 3.59. The van der Waals surface area contributed by atoms with Crippen LogP contribution in [-0.4, -0.2) is 57.1 Å². The highest BCUT2D eigenvalue weighted by Gasteiger charge is 2.38. The van der Waals surface area contributed by atoms with Gasteiger partial charge in [0.05, 0.1) is 24.2 Å². The number of aryl methyl sites for hydroxylation is 1. The topological polar surface area (TPSA) is 145 Å². The zero-order valence-electron chi connectivity index (χ0n) is 20.2. The molecule has 3 aromatic rings. The van der Waals surface area contributed by atoms with E-state index in [1.165, 1.54) is 6.33 Å². The van der Waals surface area contributed by atoms with Crippen molar-refractivity contribution in [2.24, 2.45) is 0 Å². The van der Waals surface area contributed by atoms with E-state index in [1.54, 1.807) is 18.8 Å². The third kappa shape index (κ3) is 6.14. The number of alkyl halides is 3. The second-order valence-corrected chi connectivity index (χ2v) is 8.13. The van der Waals surface area contributed by atoms with E-state index < -0.39 is 12.1 Å². The Kier molecular flexibility index (Phi) is 9.08. The molecule has 0 radical (unpaired) electrons. The van der Waals surface area contributed by atoms with Crippen LogP contribution in [0.1, 0.15) is 41.8 Å². The van der Waals surface area contributed by atoms with Crippen molar-refractivity contribution < 1.29 is 32.6 Å². The molecule has 1 unspecified atom stereocenters. The summed E-state index contributed by atoms with van der Waals surface area (Å²) in [5.41, 5.74) is 10.1. The molecule has 0 aliphatic rings. The number of aromatic nitrogens is 4. The minimum absolute atomic E-state index is 0.0399. The van der Waals surface area contributed by atoms with Crippen LogP contribution < -0.4 is 15.8 Å². The SMILES string of the molecule is CNC(=O)CCc1c(C)c(Cl)cc(C(C)n2nc(C)c3c(N)ncnc32)c1OC.O=C(O)C(F)(F)F. The molecule has 1 amide bonds. The zero-order chi connectivity index (χ0) is 27.4. The van der Waals surface area contributed by atoms with Crippen molar-refractivity contribution in [3.63, 3.8) is 0 Å². The number of hydrogen-bond acceptors (Lipinski definition) is 7. The van der Waals surface area contributed by atoms with Crippen molar-refractivity contribution in [1.29, 1.82) is 0 Å². The molecule has 0 aliphatic carbocycles. The highest BCUT2D eigenvalue weighted by Crippen LogP contribution is 2.39. The van der Waals surface area contributed by atoms with Crippen molar-refractivity contribution >= 4 is 40.3 Å². The van der Waals surface area contributed by atoms with Crippen molar-refractivity contribution in [1.82, 2.24) is 25.1 Å². The maximum Gasteiger partial charge on any atom is 0.490 e. The third-order valence-corrected chi connectivity index (χ3v) is 5.86. The van der Waals surface area contributed by atoms with E-state index in [-0.39, 0.29) is 11.9 Å². The molecule has 0 bridgehead atoms. The van der Waals surface area contributed by atoms with Crippen LogP contribution in [0, 0.1) is 13.8 Å². The van der Waals surface area contributed by atoms with Gasteiger partial charge in [-0.25, -0.2) is 19.4 Å². The van der Waals surface area contributed by atoms with Crippen LogP contribution in [0.25, 0.3) is 11.0 Å². The van der Waals surface area contributed by atoms with E-state index in [2.05, 4.69) is 20.4 Å². The lowest BCUT2D eigenvalue weighted by molar-refractivity contribution is -0.192. The summed E-state index contributed by atoms with van der Waals surface area (Å²) in [7, 11) is 3.24. The summed E-state index contributed by atoms with van der Waals surface area (Å²) in [5, 5.41) is 15.8. The molecule has 0 fully saturated rings. The average molecular weight is 531 g/mol. The van der Waals surface area contributed by atoms with Crippen molar-refractivity contribution in [2.75, 3.05) is 19.9 Å². The number of amides is 1. The molecule has 0 saturated heterocycles. The number of fused-ring (bicyclic) bond motifs is 1. The summed E-state index contributed by atoms with van der Waals surface area (Å²) in [6.45, 7) is 5.80. The number of carbonyl (C=O) groups is 2. The number of methoxy groups -OCH3 is 1. The number of rotatable bonds is 6. The van der Waals surface area contributed by atoms with Crippen molar-refractivity contribution in [3.8, 4) is 5.75 Å². The maximum absolute atomic E-state index is 11.8. The number of hydrogen-bond donors (Lipinski definition) is 3. The number of nitrogen functional groups attached to an aromatic ring is 1. The standard InChI is InChI=1S/C20H25ClN6O2.C2HF3O2/c1-10-13(6-7-16(28)23-4)18(29-5)14(8-15(10)21)12(3)27-20-17(11(2)26-27)19(22)24-9-25-20;3-2(4,5)1(6)7/h8-9,12H,6-7H2,1-5H3,(H,23,28)(H2,22,24,25);(H,6,7). The second-order valence-electron chi connectivity index (χ2n) is 7.72. The maximum atomic E-state index is 11.8. The van der Waals surface area contributed by atoms with Gasteiger partial charge in [-0.3, -0.25) is 4.79 Å². The van der Waals surface area contributed by atoms with Gasteiger partial charge >= 0.3 is 12.1 Å². The fraction of sp³-hybridized carbons (Fsp3) is 0.409. The summed E-state index contributed by atoms with van der Waals surface area (Å²) < 4.78 is 39.3. The smallest absolute Gasteiger partial charge is 0.490 e. The Labute approximate surface area is 209 Å². The summed E-state index contributed by atoms with van der Waals surface area (Å²) >= 11 is 6.55. The quantitative estimate of drug-likeness (QED) is 0.438. The molecule has 1 atom stereocenters. The number of aliphatic carboxylic acids is 1. The number of ether oxygens (including phenoxy) is 1. The highest BCUT2D eigenvalue weighted by atomic mass is 35.5. The van der Waals surface area contributed by atoms with Crippen LogP contribution in [0.5, 0.6) is 5.75 Å². The van der Waals surface area contributed by atoms with Gasteiger partial charge in [-0.1, -0.05) is 11.6 Å². The van der Waals surface area contributed by atoms with Crippen LogP contribution in [-0.2, 0) is 16.0 Å². The predicted molar refractivity (Wildman–Crippen MR) is 127 cm³/mol. The molecule has 0 spiro atoms. The Hall–Kier alpha value is -3.61. The van der Waals surface area contributed by atoms with Crippen molar-refractivity contribution in [3.05, 3.63) is 39.8 Å². The molecule has 2 aromatic heterocycles. The number of carboxylic acid groups (broad SMARTS) is 1. The van der Waals surface area contributed by atoms with Gasteiger partial charge in [-0.2, -0.15) is 18.3 Å². The first-order valence-electron chi connectivity index (χ1n) is 10.6. The number of nitrogens with zero attached hydrogens (tertiary/aromatic N) is 4. The van der Waals surface area contributed by atoms with E-state index in [4.69, 9.17) is 32.0 Å². The van der Waals surface area contributed by atoms with Crippen LogP contribution in [0.3, 0.4) is 0 Å². The lowest BCUT2D eigenvalue weighted by Crippen LogP contribution is -2.21. The number of nitrogens with one attached hydrogen (secondary N) is 1. The monoisotopic (exact) mass is 530 g/mol. The summed E-state index contributed by atoms with van der Waals surface area (Å²) in [6, 6.07) is 1.66. The fourth-order valence-corrected chi connectivity index (χ4v) is 3.82. The van der Waals surface area contributed by atoms with Crippen molar-refractivity contribution in [2.45, 2.75) is 45.8 Å². The molecular formula is C22H26ClF3N6O4. The molecule has 10 nitrogen and oxygen atoms in total. The number of benzene rings is 1. The summed E-state index contributed by atoms with van der Waals surface area (Å²) in [6.07, 6.45) is -2.80. The summed E-state index contributed by atoms with van der Waals surface area (Å²) in [5.74, 6) is -1.70. The molecule has 3 rings (SSSR count). The minimum atomic E-state index is -5.08. The van der Waals surface area contributed by atoms with E-state index in [9.17, 15) is 18.0 Å². The Morgan fingerprint density at radius 3 is 2.44 bits per heavy atom. The molecule has 0 aliphatic heterocycles. The molecule has 4 N–H and O–H groups in total. The largest absolute Gasteiger partial charge is 0.496 e. The molecule has 196 valence electrons. The lowest BCUT2D eigenvalue weighted by Gasteiger charge is -2.22. The van der Waals surface area contributed by atoms with Crippen LogP contribution in [0.15, 0.2) is 12.4 Å². The number of nitrogens with two attached hydrogens (primary N) is 1. The molecule has 2 heterocycles. The van der Waals surface area contributed by atoms with E-state index in [0.717, 1.165) is 27.8 Å². The van der Waals surface area contributed by atoms with Gasteiger partial charge in [0.15, 0.2) is 5.65 Å². The van der Waals surface area contributed by atoms with Gasteiger partial charge in [0.1, 0.15) is 17.9 Å². The number of carboxylic acids is 1. The Morgan fingerprint density at radius 1 is 1.31 bits per heavy atom. The highest BCUT2D eigenvalue weighted by molar-refractivity contribution is 6.31. The van der Waals surface area contributed by atoms with Gasteiger partial charge in [0.25, 0.3) is 0 Å². The van der Waals surface area contributed by atoms with Crippen LogP contribution in [0.4, 0.5) is 19.0 Å². The number of anilines is 1. The molecular weight excluding hydrogens is 505 g/mol. The van der Waals surface area contributed by atoms with Gasteiger partial charge in [-0.15, -0.1) is 0 Å². The van der Waals surface area contributed by atoms with E-state index in [0.29, 0.717) is 35.1 Å². The van der Waals surface area contributed by atoms with E-state index >= 15 is 0 Å². The molecule has 14 heteroatoms. The summed E-state index contributed by atoms with van der Waals surface area (Å²) in [4.78, 5) is 29.1. The first-order chi connectivity index (χ1) is 16.7. The molecule has 36 heavy (non-hydrogen) atoms. The molecule has 0 saturated carbocycles. The zero-order valence-corrected chi connectivity index (χ0v) is 21.0. The first kappa shape index (κ1) is 28.6. The molecule has 1 aromatic carbocycles. The Balaban J connectivity index is 0.000000572. The number of halogens is 4. The number of carbonyl (C=O) groups excluding carboxylic acids is 1. The first-order valence-corrected chi connectivity index (χ1v) is 10.9. The normalized spacial score (nSPS) is 12.0. The second kappa shape index (κ2) is 11.4. The minimum Gasteiger partial charge on any atom is -0.496 e. The van der Waals surface area contributed by atoms with Gasteiger partial charge in [0, 0.05) is 24.1 Å².